The van der Waals surface area contributed by atoms with Gasteiger partial charge in [0, 0.05) is 43.8 Å². The van der Waals surface area contributed by atoms with Gasteiger partial charge in [0.15, 0.2) is 11.8 Å². The Morgan fingerprint density at radius 3 is 2.65 bits per heavy atom. The number of aromatic nitrogens is 3. The normalized spacial score (nSPS) is 11.5. The van der Waals surface area contributed by atoms with Gasteiger partial charge in [0.25, 0.3) is 0 Å². The molecule has 3 rings (SSSR count). The Morgan fingerprint density at radius 2 is 1.97 bits per heavy atom. The fourth-order valence-electron chi connectivity index (χ4n) is 3.28. The third-order valence-electron chi connectivity index (χ3n) is 5.23. The monoisotopic (exact) mass is 439 g/mol. The maximum Gasteiger partial charge on any atom is 0.191 e. The highest BCUT2D eigenvalue weighted by Gasteiger charge is 2.07. The standard InChI is InChI=1S/C23H33N7S/c1-5-30(20-9-6-8-18(2)16-20)14-13-25-23(24-12-11-21-10-7-15-31-21)26-17-22-28-27-19(3)29(22)4/h6-10,15-16H,5,11-14,17H2,1-4H3,(H2,24,25,26). The number of rotatable bonds is 10. The number of guanidine groups is 1. The Labute approximate surface area is 189 Å². The van der Waals surface area contributed by atoms with Crippen molar-refractivity contribution in [1.82, 2.24) is 25.4 Å². The van der Waals surface area contributed by atoms with Crippen LogP contribution in [0.2, 0.25) is 0 Å². The minimum Gasteiger partial charge on any atom is -0.370 e. The molecule has 1 aromatic carbocycles. The number of nitrogens with one attached hydrogen (secondary N) is 2. The molecule has 0 bridgehead atoms. The van der Waals surface area contributed by atoms with Crippen molar-refractivity contribution in [1.29, 1.82) is 0 Å². The molecule has 2 heterocycles. The topological polar surface area (TPSA) is 70.4 Å². The Hall–Kier alpha value is -2.87. The lowest BCUT2D eigenvalue weighted by atomic mass is 10.2. The molecule has 0 radical (unpaired) electrons. The number of hydrogen-bond acceptors (Lipinski definition) is 5. The average molecular weight is 440 g/mol. The predicted molar refractivity (Wildman–Crippen MR) is 130 cm³/mol. The molecule has 0 aliphatic carbocycles. The Bertz CT molecular complexity index is 962. The highest BCUT2D eigenvalue weighted by Crippen LogP contribution is 2.15. The number of benzene rings is 1. The predicted octanol–water partition coefficient (Wildman–Crippen LogP) is 3.30. The molecule has 0 atom stereocenters. The zero-order chi connectivity index (χ0) is 22.1. The first-order chi connectivity index (χ1) is 15.1. The van der Waals surface area contributed by atoms with E-state index in [-0.39, 0.29) is 0 Å². The van der Waals surface area contributed by atoms with Gasteiger partial charge in [-0.3, -0.25) is 0 Å². The van der Waals surface area contributed by atoms with Gasteiger partial charge >= 0.3 is 0 Å². The first kappa shape index (κ1) is 22.8. The van der Waals surface area contributed by atoms with Crippen LogP contribution in [-0.2, 0) is 20.0 Å². The number of nitrogens with zero attached hydrogens (tertiary/aromatic N) is 5. The van der Waals surface area contributed by atoms with Crippen LogP contribution < -0.4 is 15.5 Å². The molecule has 8 heteroatoms. The Balaban J connectivity index is 1.59. The largest absolute Gasteiger partial charge is 0.370 e. The van der Waals surface area contributed by atoms with Gasteiger partial charge in [0.2, 0.25) is 0 Å². The molecule has 0 fully saturated rings. The van der Waals surface area contributed by atoms with Crippen molar-refractivity contribution in [3.63, 3.8) is 0 Å². The third-order valence-corrected chi connectivity index (χ3v) is 6.16. The zero-order valence-corrected chi connectivity index (χ0v) is 19.7. The van der Waals surface area contributed by atoms with Gasteiger partial charge in [-0.05, 0) is 56.3 Å². The highest BCUT2D eigenvalue weighted by atomic mass is 32.1. The minimum atomic E-state index is 0.487. The summed E-state index contributed by atoms with van der Waals surface area (Å²) < 4.78 is 1.98. The van der Waals surface area contributed by atoms with Crippen molar-refractivity contribution >= 4 is 23.0 Å². The van der Waals surface area contributed by atoms with E-state index in [2.05, 4.69) is 81.4 Å². The molecule has 166 valence electrons. The molecule has 0 saturated heterocycles. The van der Waals surface area contributed by atoms with E-state index in [9.17, 15) is 0 Å². The molecule has 0 aliphatic heterocycles. The van der Waals surface area contributed by atoms with Crippen molar-refractivity contribution in [2.75, 3.05) is 31.1 Å². The SMILES string of the molecule is CCN(CCNC(=NCc1nnc(C)n1C)NCCc1cccs1)c1cccc(C)c1. The van der Waals surface area contributed by atoms with Crippen LogP contribution in [0.4, 0.5) is 5.69 Å². The number of hydrogen-bond donors (Lipinski definition) is 2. The van der Waals surface area contributed by atoms with Crippen molar-refractivity contribution in [3.8, 4) is 0 Å². The number of likely N-dealkylation sites (N-methyl/N-ethyl adjacent to an activating group) is 1. The summed E-state index contributed by atoms with van der Waals surface area (Å²) in [5, 5.41) is 17.4. The van der Waals surface area contributed by atoms with Crippen molar-refractivity contribution < 1.29 is 0 Å². The smallest absolute Gasteiger partial charge is 0.191 e. The minimum absolute atomic E-state index is 0.487. The van der Waals surface area contributed by atoms with E-state index in [0.29, 0.717) is 6.54 Å². The summed E-state index contributed by atoms with van der Waals surface area (Å²) in [7, 11) is 1.97. The summed E-state index contributed by atoms with van der Waals surface area (Å²) in [6, 6.07) is 12.9. The first-order valence-corrected chi connectivity index (χ1v) is 11.7. The van der Waals surface area contributed by atoms with E-state index in [4.69, 9.17) is 4.99 Å². The number of thiophene rings is 1. The van der Waals surface area contributed by atoms with Crippen LogP contribution in [0.1, 0.15) is 29.0 Å². The van der Waals surface area contributed by atoms with Crippen molar-refractivity contribution in [2.24, 2.45) is 12.0 Å². The van der Waals surface area contributed by atoms with Crippen LogP contribution in [0.5, 0.6) is 0 Å². The van der Waals surface area contributed by atoms with Gasteiger partial charge in [0.1, 0.15) is 12.4 Å². The van der Waals surface area contributed by atoms with Gasteiger partial charge in [0.05, 0.1) is 0 Å². The molecule has 0 aliphatic rings. The molecule has 31 heavy (non-hydrogen) atoms. The summed E-state index contributed by atoms with van der Waals surface area (Å²) >= 11 is 1.78. The van der Waals surface area contributed by atoms with Crippen LogP contribution in [0.3, 0.4) is 0 Å². The van der Waals surface area contributed by atoms with Crippen molar-refractivity contribution in [2.45, 2.75) is 33.7 Å². The lowest BCUT2D eigenvalue weighted by molar-refractivity contribution is 0.730. The summed E-state index contributed by atoms with van der Waals surface area (Å²) in [6.07, 6.45) is 0.978. The lowest BCUT2D eigenvalue weighted by Crippen LogP contribution is -2.42. The second kappa shape index (κ2) is 11.5. The van der Waals surface area contributed by atoms with E-state index in [1.54, 1.807) is 11.3 Å². The molecule has 7 nitrogen and oxygen atoms in total. The summed E-state index contributed by atoms with van der Waals surface area (Å²) in [4.78, 5) is 8.49. The highest BCUT2D eigenvalue weighted by molar-refractivity contribution is 7.09. The first-order valence-electron chi connectivity index (χ1n) is 10.8. The molecule has 3 aromatic rings. The van der Waals surface area contributed by atoms with Crippen LogP contribution in [-0.4, -0.2) is 46.9 Å². The molecule has 2 N–H and O–H groups in total. The van der Waals surface area contributed by atoms with Crippen LogP contribution in [0.15, 0.2) is 46.8 Å². The van der Waals surface area contributed by atoms with E-state index < -0.39 is 0 Å². The maximum absolute atomic E-state index is 4.75. The second-order valence-electron chi connectivity index (χ2n) is 7.49. The summed E-state index contributed by atoms with van der Waals surface area (Å²) in [5.74, 6) is 2.55. The fraction of sp³-hybridized carbons (Fsp3) is 0.435. The molecule has 2 aromatic heterocycles. The molecule has 0 unspecified atom stereocenters. The van der Waals surface area contributed by atoms with Gasteiger partial charge in [-0.2, -0.15) is 0 Å². The second-order valence-corrected chi connectivity index (χ2v) is 8.52. The molecule has 0 amide bonds. The van der Waals surface area contributed by atoms with E-state index in [1.165, 1.54) is 16.1 Å². The average Bonchev–Trinajstić information content (AvgIpc) is 3.39. The van der Waals surface area contributed by atoms with Crippen molar-refractivity contribution in [3.05, 3.63) is 63.9 Å². The van der Waals surface area contributed by atoms with Gasteiger partial charge in [-0.15, -0.1) is 21.5 Å². The lowest BCUT2D eigenvalue weighted by Gasteiger charge is -2.24. The zero-order valence-electron chi connectivity index (χ0n) is 18.9. The number of aliphatic imine (C=N–C) groups is 1. The molecule has 0 saturated carbocycles. The quantitative estimate of drug-likeness (QED) is 0.375. The third kappa shape index (κ3) is 6.82. The van der Waals surface area contributed by atoms with E-state index in [0.717, 1.165) is 50.2 Å². The van der Waals surface area contributed by atoms with Crippen LogP contribution >= 0.6 is 11.3 Å². The maximum atomic E-state index is 4.75. The fourth-order valence-corrected chi connectivity index (χ4v) is 3.98. The molecular formula is C23H33N7S. The van der Waals surface area contributed by atoms with E-state index >= 15 is 0 Å². The summed E-state index contributed by atoms with van der Waals surface area (Å²) in [6.45, 7) is 10.2. The molecular weight excluding hydrogens is 406 g/mol. The van der Waals surface area contributed by atoms with E-state index in [1.807, 2.05) is 18.5 Å². The van der Waals surface area contributed by atoms with Gasteiger partial charge in [-0.1, -0.05) is 18.2 Å². The van der Waals surface area contributed by atoms with Crippen LogP contribution in [0, 0.1) is 13.8 Å². The molecule has 0 spiro atoms. The number of aryl methyl sites for hydroxylation is 2. The number of anilines is 1. The van der Waals surface area contributed by atoms with Gasteiger partial charge in [-0.25, -0.2) is 4.99 Å². The van der Waals surface area contributed by atoms with Crippen LogP contribution in [0.25, 0.3) is 0 Å². The Morgan fingerprint density at radius 1 is 1.13 bits per heavy atom. The van der Waals surface area contributed by atoms with Gasteiger partial charge < -0.3 is 20.1 Å². The summed E-state index contributed by atoms with van der Waals surface area (Å²) in [5.41, 5.74) is 2.53. The Kier molecular flexibility index (Phi) is 8.46.